The first-order valence-corrected chi connectivity index (χ1v) is 8.49. The number of nitrogens with two attached hydrogens (primary N) is 1. The summed E-state index contributed by atoms with van der Waals surface area (Å²) in [7, 11) is -1.66. The highest BCUT2D eigenvalue weighted by Gasteiger charge is 2.13. The van der Waals surface area contributed by atoms with Crippen molar-refractivity contribution in [3.8, 4) is 5.75 Å². The van der Waals surface area contributed by atoms with Crippen molar-refractivity contribution in [1.29, 1.82) is 0 Å². The quantitative estimate of drug-likeness (QED) is 0.938. The van der Waals surface area contributed by atoms with Gasteiger partial charge in [-0.05, 0) is 35.4 Å². The molecule has 112 valence electrons. The van der Waals surface area contributed by atoms with Crippen molar-refractivity contribution in [2.24, 2.45) is 5.73 Å². The van der Waals surface area contributed by atoms with Crippen LogP contribution in [0.2, 0.25) is 5.02 Å². The van der Waals surface area contributed by atoms with Crippen LogP contribution in [-0.4, -0.2) is 21.8 Å². The van der Waals surface area contributed by atoms with Crippen LogP contribution >= 0.6 is 11.6 Å². The van der Waals surface area contributed by atoms with Crippen LogP contribution in [0.5, 0.6) is 5.75 Å². The van der Waals surface area contributed by atoms with Crippen LogP contribution < -0.4 is 10.5 Å². The predicted octanol–water partition coefficient (Wildman–Crippen LogP) is 2.80. The second kappa shape index (κ2) is 6.05. The van der Waals surface area contributed by atoms with Crippen LogP contribution in [0.1, 0.15) is 17.2 Å². The monoisotopic (exact) mass is 325 g/mol. The van der Waals surface area contributed by atoms with Gasteiger partial charge in [-0.15, -0.1) is 0 Å². The first-order chi connectivity index (χ1) is 9.82. The van der Waals surface area contributed by atoms with E-state index in [1.165, 1.54) is 6.26 Å². The van der Waals surface area contributed by atoms with Gasteiger partial charge in [-0.2, -0.15) is 0 Å². The lowest BCUT2D eigenvalue weighted by atomic mass is 10.00. The predicted molar refractivity (Wildman–Crippen MR) is 83.6 cm³/mol. The van der Waals surface area contributed by atoms with Crippen LogP contribution in [0.25, 0.3) is 0 Å². The standard InChI is InChI=1S/C15H16ClNO3S/c1-20-14-8-5-11(9-13(14)16)15(17)10-3-6-12(7-4-10)21(2,18)19/h3-9,15H,17H2,1-2H3. The molecule has 0 aliphatic rings. The summed E-state index contributed by atoms with van der Waals surface area (Å²) in [6, 6.07) is 11.5. The molecule has 2 rings (SSSR count). The number of rotatable bonds is 4. The van der Waals surface area contributed by atoms with E-state index in [-0.39, 0.29) is 10.9 Å². The van der Waals surface area contributed by atoms with Crippen LogP contribution in [0, 0.1) is 0 Å². The van der Waals surface area contributed by atoms with Crippen molar-refractivity contribution in [2.45, 2.75) is 10.9 Å². The number of ether oxygens (including phenoxy) is 1. The summed E-state index contributed by atoms with van der Waals surface area (Å²) in [6.45, 7) is 0. The summed E-state index contributed by atoms with van der Waals surface area (Å²) in [5, 5.41) is 0.484. The van der Waals surface area contributed by atoms with E-state index < -0.39 is 9.84 Å². The van der Waals surface area contributed by atoms with E-state index in [9.17, 15) is 8.42 Å². The molecular weight excluding hydrogens is 310 g/mol. The molecule has 4 nitrogen and oxygen atoms in total. The Morgan fingerprint density at radius 2 is 1.67 bits per heavy atom. The fraction of sp³-hybridized carbons (Fsp3) is 0.200. The molecule has 0 aliphatic heterocycles. The molecule has 0 fully saturated rings. The van der Waals surface area contributed by atoms with Gasteiger partial charge in [-0.25, -0.2) is 8.42 Å². The summed E-state index contributed by atoms with van der Waals surface area (Å²) in [6.07, 6.45) is 1.17. The van der Waals surface area contributed by atoms with E-state index in [4.69, 9.17) is 22.1 Å². The van der Waals surface area contributed by atoms with Gasteiger partial charge in [-0.1, -0.05) is 29.8 Å². The Labute approximate surface area is 129 Å². The van der Waals surface area contributed by atoms with Gasteiger partial charge in [0.05, 0.1) is 23.1 Å². The molecule has 0 radical (unpaired) electrons. The third-order valence-electron chi connectivity index (χ3n) is 3.20. The third kappa shape index (κ3) is 3.56. The lowest BCUT2D eigenvalue weighted by Crippen LogP contribution is -2.12. The Morgan fingerprint density at radius 3 is 2.14 bits per heavy atom. The van der Waals surface area contributed by atoms with Gasteiger partial charge >= 0.3 is 0 Å². The SMILES string of the molecule is COc1ccc(C(N)c2ccc(S(C)(=O)=O)cc2)cc1Cl. The van der Waals surface area contributed by atoms with Gasteiger partial charge in [0.25, 0.3) is 0 Å². The lowest BCUT2D eigenvalue weighted by molar-refractivity contribution is 0.415. The minimum absolute atomic E-state index is 0.270. The number of sulfone groups is 1. The molecule has 1 atom stereocenters. The Kier molecular flexibility index (Phi) is 4.56. The zero-order valence-electron chi connectivity index (χ0n) is 11.7. The zero-order valence-corrected chi connectivity index (χ0v) is 13.3. The molecule has 1 unspecified atom stereocenters. The van der Waals surface area contributed by atoms with E-state index >= 15 is 0 Å². The van der Waals surface area contributed by atoms with Crippen molar-refractivity contribution in [2.75, 3.05) is 13.4 Å². The van der Waals surface area contributed by atoms with Crippen LogP contribution in [-0.2, 0) is 9.84 Å². The number of halogens is 1. The fourth-order valence-electron chi connectivity index (χ4n) is 1.99. The maximum absolute atomic E-state index is 11.4. The Bertz CT molecular complexity index is 742. The zero-order chi connectivity index (χ0) is 15.6. The van der Waals surface area contributed by atoms with E-state index in [0.717, 1.165) is 11.1 Å². The molecule has 0 amide bonds. The molecule has 21 heavy (non-hydrogen) atoms. The van der Waals surface area contributed by atoms with Crippen molar-refractivity contribution in [3.05, 3.63) is 58.6 Å². The van der Waals surface area contributed by atoms with Crippen molar-refractivity contribution < 1.29 is 13.2 Å². The third-order valence-corrected chi connectivity index (χ3v) is 4.63. The van der Waals surface area contributed by atoms with Gasteiger partial charge < -0.3 is 10.5 Å². The first-order valence-electron chi connectivity index (χ1n) is 6.22. The highest BCUT2D eigenvalue weighted by molar-refractivity contribution is 7.90. The second-order valence-corrected chi connectivity index (χ2v) is 7.14. The largest absolute Gasteiger partial charge is 0.495 e. The molecule has 2 aromatic carbocycles. The van der Waals surface area contributed by atoms with E-state index in [1.54, 1.807) is 43.5 Å². The van der Waals surface area contributed by atoms with Crippen LogP contribution in [0.15, 0.2) is 47.4 Å². The molecule has 6 heteroatoms. The van der Waals surface area contributed by atoms with Gasteiger partial charge in [0, 0.05) is 6.26 Å². The van der Waals surface area contributed by atoms with Gasteiger partial charge in [-0.3, -0.25) is 0 Å². The molecule has 2 aromatic rings. The first kappa shape index (κ1) is 15.8. The number of hydrogen-bond acceptors (Lipinski definition) is 4. The second-order valence-electron chi connectivity index (χ2n) is 4.71. The van der Waals surface area contributed by atoms with E-state index in [2.05, 4.69) is 0 Å². The molecule has 0 aromatic heterocycles. The molecule has 2 N–H and O–H groups in total. The van der Waals surface area contributed by atoms with Crippen LogP contribution in [0.4, 0.5) is 0 Å². The summed E-state index contributed by atoms with van der Waals surface area (Å²) >= 11 is 6.09. The van der Waals surface area contributed by atoms with Crippen molar-refractivity contribution in [3.63, 3.8) is 0 Å². The Hall–Kier alpha value is -1.56. The maximum atomic E-state index is 11.4. The number of methoxy groups -OCH3 is 1. The number of benzene rings is 2. The Morgan fingerprint density at radius 1 is 1.10 bits per heavy atom. The molecule has 0 saturated carbocycles. The molecular formula is C15H16ClNO3S. The Balaban J connectivity index is 2.31. The van der Waals surface area contributed by atoms with Gasteiger partial charge in [0.2, 0.25) is 0 Å². The minimum Gasteiger partial charge on any atom is -0.495 e. The molecule has 0 aliphatic carbocycles. The average Bonchev–Trinajstić information content (AvgIpc) is 2.45. The maximum Gasteiger partial charge on any atom is 0.175 e. The number of hydrogen-bond donors (Lipinski definition) is 1. The smallest absolute Gasteiger partial charge is 0.175 e. The molecule has 0 heterocycles. The topological polar surface area (TPSA) is 69.4 Å². The summed E-state index contributed by atoms with van der Waals surface area (Å²) in [5.41, 5.74) is 7.82. The van der Waals surface area contributed by atoms with Crippen LogP contribution in [0.3, 0.4) is 0 Å². The lowest BCUT2D eigenvalue weighted by Gasteiger charge is -2.14. The minimum atomic E-state index is -3.20. The summed E-state index contributed by atoms with van der Waals surface area (Å²) in [5.74, 6) is 0.583. The van der Waals surface area contributed by atoms with Crippen molar-refractivity contribution >= 4 is 21.4 Å². The highest BCUT2D eigenvalue weighted by atomic mass is 35.5. The van der Waals surface area contributed by atoms with Gasteiger partial charge in [0.15, 0.2) is 9.84 Å². The fourth-order valence-corrected chi connectivity index (χ4v) is 2.89. The molecule has 0 saturated heterocycles. The highest BCUT2D eigenvalue weighted by Crippen LogP contribution is 2.29. The van der Waals surface area contributed by atoms with Gasteiger partial charge in [0.1, 0.15) is 5.75 Å². The average molecular weight is 326 g/mol. The summed E-state index contributed by atoms with van der Waals surface area (Å²) in [4.78, 5) is 0.270. The van der Waals surface area contributed by atoms with E-state index in [0.29, 0.717) is 10.8 Å². The van der Waals surface area contributed by atoms with E-state index in [1.807, 2.05) is 6.07 Å². The molecule has 0 bridgehead atoms. The summed E-state index contributed by atoms with van der Waals surface area (Å²) < 4.78 is 28.0. The van der Waals surface area contributed by atoms with Crippen molar-refractivity contribution in [1.82, 2.24) is 0 Å². The normalized spacial score (nSPS) is 13.0. The molecule has 0 spiro atoms.